The first-order chi connectivity index (χ1) is 8.67. The summed E-state index contributed by atoms with van der Waals surface area (Å²) < 4.78 is 19.0. The van der Waals surface area contributed by atoms with Crippen molar-refractivity contribution < 1.29 is 9.13 Å². The second-order valence-electron chi connectivity index (χ2n) is 4.21. The molecule has 0 saturated carbocycles. The lowest BCUT2D eigenvalue weighted by molar-refractivity contribution is 0.246. The Bertz CT molecular complexity index is 434. The van der Waals surface area contributed by atoms with Crippen molar-refractivity contribution in [1.82, 2.24) is 0 Å². The Labute approximate surface area is 113 Å². The van der Waals surface area contributed by atoms with Gasteiger partial charge in [-0.05, 0) is 24.1 Å². The zero-order valence-electron chi connectivity index (χ0n) is 10.8. The van der Waals surface area contributed by atoms with E-state index in [0.29, 0.717) is 24.8 Å². The molecule has 98 valence electrons. The van der Waals surface area contributed by atoms with Gasteiger partial charge in [0.2, 0.25) is 0 Å². The van der Waals surface area contributed by atoms with E-state index in [1.54, 1.807) is 12.1 Å². The smallest absolute Gasteiger partial charge is 0.165 e. The fourth-order valence-electron chi connectivity index (χ4n) is 1.25. The van der Waals surface area contributed by atoms with Gasteiger partial charge in [0.1, 0.15) is 0 Å². The van der Waals surface area contributed by atoms with Crippen LogP contribution in [0.25, 0.3) is 0 Å². The number of hydrogen-bond acceptors (Lipinski definition) is 1. The van der Waals surface area contributed by atoms with Crippen LogP contribution in [-0.4, -0.2) is 12.5 Å². The molecule has 1 aromatic carbocycles. The van der Waals surface area contributed by atoms with E-state index in [2.05, 4.69) is 25.7 Å². The third-order valence-corrected chi connectivity index (χ3v) is 2.79. The summed E-state index contributed by atoms with van der Waals surface area (Å²) in [7, 11) is 0. The number of ether oxygens (including phenoxy) is 1. The van der Waals surface area contributed by atoms with E-state index >= 15 is 0 Å². The van der Waals surface area contributed by atoms with Crippen LogP contribution >= 0.6 is 11.6 Å². The number of rotatable bonds is 5. The van der Waals surface area contributed by atoms with Gasteiger partial charge in [-0.3, -0.25) is 0 Å². The SMILES string of the molecule is CCC(C)COc1cc(C#CCCCl)ccc1F. The third-order valence-electron chi connectivity index (χ3n) is 2.60. The molecule has 0 spiro atoms. The largest absolute Gasteiger partial charge is 0.490 e. The maximum absolute atomic E-state index is 13.5. The fourth-order valence-corrected chi connectivity index (χ4v) is 1.35. The van der Waals surface area contributed by atoms with E-state index in [4.69, 9.17) is 16.3 Å². The van der Waals surface area contributed by atoms with Gasteiger partial charge >= 0.3 is 0 Å². The molecule has 0 heterocycles. The van der Waals surface area contributed by atoms with Crippen molar-refractivity contribution in [2.75, 3.05) is 12.5 Å². The summed E-state index contributed by atoms with van der Waals surface area (Å²) in [6.45, 7) is 4.67. The average Bonchev–Trinajstić information content (AvgIpc) is 2.39. The Morgan fingerprint density at radius 3 is 2.89 bits per heavy atom. The highest BCUT2D eigenvalue weighted by molar-refractivity contribution is 6.18. The molecule has 1 unspecified atom stereocenters. The molecule has 0 aliphatic carbocycles. The quantitative estimate of drug-likeness (QED) is 0.574. The summed E-state index contributed by atoms with van der Waals surface area (Å²) in [5.74, 6) is 6.69. The fraction of sp³-hybridized carbons (Fsp3) is 0.467. The number of alkyl halides is 1. The monoisotopic (exact) mass is 268 g/mol. The van der Waals surface area contributed by atoms with Crippen molar-refractivity contribution in [3.05, 3.63) is 29.6 Å². The van der Waals surface area contributed by atoms with Gasteiger partial charge in [-0.1, -0.05) is 32.1 Å². The minimum absolute atomic E-state index is 0.271. The number of hydrogen-bond donors (Lipinski definition) is 0. The summed E-state index contributed by atoms with van der Waals surface area (Å²) in [4.78, 5) is 0. The Kier molecular flexibility index (Phi) is 6.60. The van der Waals surface area contributed by atoms with Crippen molar-refractivity contribution >= 4 is 11.6 Å². The molecule has 0 aliphatic heterocycles. The molecule has 1 nitrogen and oxygen atoms in total. The zero-order valence-corrected chi connectivity index (χ0v) is 11.6. The maximum Gasteiger partial charge on any atom is 0.165 e. The molecule has 0 aromatic heterocycles. The molecular weight excluding hydrogens is 251 g/mol. The highest BCUT2D eigenvalue weighted by Crippen LogP contribution is 2.19. The Morgan fingerprint density at radius 1 is 1.44 bits per heavy atom. The van der Waals surface area contributed by atoms with Crippen molar-refractivity contribution in [1.29, 1.82) is 0 Å². The van der Waals surface area contributed by atoms with E-state index in [1.165, 1.54) is 6.07 Å². The van der Waals surface area contributed by atoms with Crippen molar-refractivity contribution in [2.45, 2.75) is 26.7 Å². The minimum atomic E-state index is -0.346. The van der Waals surface area contributed by atoms with Crippen LogP contribution in [0.1, 0.15) is 32.3 Å². The molecule has 1 rings (SSSR count). The second kappa shape index (κ2) is 8.00. The van der Waals surface area contributed by atoms with Gasteiger partial charge in [0, 0.05) is 17.9 Å². The Morgan fingerprint density at radius 2 is 2.22 bits per heavy atom. The molecule has 0 saturated heterocycles. The molecule has 3 heteroatoms. The van der Waals surface area contributed by atoms with Gasteiger partial charge < -0.3 is 4.74 Å². The predicted molar refractivity (Wildman–Crippen MR) is 73.6 cm³/mol. The Hall–Kier alpha value is -1.20. The van der Waals surface area contributed by atoms with Crippen molar-refractivity contribution in [3.8, 4) is 17.6 Å². The lowest BCUT2D eigenvalue weighted by atomic mass is 10.1. The summed E-state index contributed by atoms with van der Waals surface area (Å²) >= 11 is 5.54. The molecule has 0 radical (unpaired) electrons. The van der Waals surface area contributed by atoms with Crippen LogP contribution in [0.5, 0.6) is 5.75 Å². The molecule has 0 bridgehead atoms. The van der Waals surface area contributed by atoms with Crippen LogP contribution in [0.4, 0.5) is 4.39 Å². The van der Waals surface area contributed by atoms with Gasteiger partial charge in [-0.15, -0.1) is 11.6 Å². The molecule has 1 aromatic rings. The molecule has 0 fully saturated rings. The lowest BCUT2D eigenvalue weighted by Crippen LogP contribution is -2.08. The molecule has 1 atom stereocenters. The standard InChI is InChI=1S/C15H18ClFO/c1-3-12(2)11-18-15-10-13(6-4-5-9-16)7-8-14(15)17/h7-8,10,12H,3,5,9,11H2,1-2H3. The van der Waals surface area contributed by atoms with Gasteiger partial charge in [0.15, 0.2) is 11.6 Å². The van der Waals surface area contributed by atoms with Gasteiger partial charge in [-0.2, -0.15) is 0 Å². The lowest BCUT2D eigenvalue weighted by Gasteiger charge is -2.11. The number of halogens is 2. The van der Waals surface area contributed by atoms with E-state index in [1.807, 2.05) is 0 Å². The van der Waals surface area contributed by atoms with E-state index in [9.17, 15) is 4.39 Å². The molecule has 0 aliphatic rings. The highest BCUT2D eigenvalue weighted by atomic mass is 35.5. The first-order valence-electron chi connectivity index (χ1n) is 6.14. The third kappa shape index (κ3) is 4.98. The number of benzene rings is 1. The van der Waals surface area contributed by atoms with Crippen LogP contribution in [0.15, 0.2) is 18.2 Å². The summed E-state index contributed by atoms with van der Waals surface area (Å²) in [5, 5.41) is 0. The first-order valence-corrected chi connectivity index (χ1v) is 6.68. The molecular formula is C15H18ClFO. The van der Waals surface area contributed by atoms with Crippen LogP contribution in [-0.2, 0) is 0 Å². The van der Waals surface area contributed by atoms with Gasteiger partial charge in [-0.25, -0.2) is 4.39 Å². The van der Waals surface area contributed by atoms with Crippen molar-refractivity contribution in [2.24, 2.45) is 5.92 Å². The maximum atomic E-state index is 13.5. The van der Waals surface area contributed by atoms with Gasteiger partial charge in [0.25, 0.3) is 0 Å². The molecule has 0 N–H and O–H groups in total. The normalized spacial score (nSPS) is 11.6. The highest BCUT2D eigenvalue weighted by Gasteiger charge is 2.06. The minimum Gasteiger partial charge on any atom is -0.490 e. The topological polar surface area (TPSA) is 9.23 Å². The van der Waals surface area contributed by atoms with E-state index < -0.39 is 0 Å². The van der Waals surface area contributed by atoms with Crippen molar-refractivity contribution in [3.63, 3.8) is 0 Å². The van der Waals surface area contributed by atoms with Gasteiger partial charge in [0.05, 0.1) is 6.61 Å². The Balaban J connectivity index is 2.72. The summed E-state index contributed by atoms with van der Waals surface area (Å²) in [5.41, 5.74) is 0.751. The predicted octanol–water partition coefficient (Wildman–Crippen LogP) is 4.23. The van der Waals surface area contributed by atoms with E-state index in [-0.39, 0.29) is 11.6 Å². The second-order valence-corrected chi connectivity index (χ2v) is 4.59. The van der Waals surface area contributed by atoms with Crippen LogP contribution in [0.2, 0.25) is 0 Å². The first kappa shape index (κ1) is 14.9. The van der Waals surface area contributed by atoms with E-state index in [0.717, 1.165) is 12.0 Å². The summed E-state index contributed by atoms with van der Waals surface area (Å²) in [6, 6.07) is 4.67. The summed E-state index contributed by atoms with van der Waals surface area (Å²) in [6.07, 6.45) is 1.64. The molecule has 0 amide bonds. The molecule has 18 heavy (non-hydrogen) atoms. The van der Waals surface area contributed by atoms with Crippen LogP contribution < -0.4 is 4.74 Å². The average molecular weight is 269 g/mol. The van der Waals surface area contributed by atoms with Crippen LogP contribution in [0.3, 0.4) is 0 Å². The van der Waals surface area contributed by atoms with Crippen LogP contribution in [0, 0.1) is 23.6 Å². The zero-order chi connectivity index (χ0) is 13.4.